The van der Waals surface area contributed by atoms with Crippen molar-refractivity contribution in [2.75, 3.05) is 5.73 Å². The monoisotopic (exact) mass is 314 g/mol. The number of nitrogens with zero attached hydrogens (tertiary/aromatic N) is 1. The van der Waals surface area contributed by atoms with Crippen LogP contribution in [0.3, 0.4) is 0 Å². The van der Waals surface area contributed by atoms with Gasteiger partial charge >= 0.3 is 0 Å². The average Bonchev–Trinajstić information content (AvgIpc) is 2.53. The Kier molecular flexibility index (Phi) is 2.61. The van der Waals surface area contributed by atoms with E-state index in [1.807, 2.05) is 17.5 Å². The zero-order chi connectivity index (χ0) is 10.1. The highest BCUT2D eigenvalue weighted by Gasteiger charge is 2.08. The van der Waals surface area contributed by atoms with Gasteiger partial charge in [-0.2, -0.15) is 5.26 Å². The molecule has 0 radical (unpaired) electrons. The Morgan fingerprint density at radius 1 is 1.50 bits per heavy atom. The van der Waals surface area contributed by atoms with Crippen molar-refractivity contribution < 1.29 is 0 Å². The van der Waals surface area contributed by atoms with Crippen molar-refractivity contribution in [3.8, 4) is 6.07 Å². The number of nitriles is 1. The minimum absolute atomic E-state index is 0.454. The minimum Gasteiger partial charge on any atom is -0.398 e. The van der Waals surface area contributed by atoms with Crippen LogP contribution in [0.5, 0.6) is 0 Å². The summed E-state index contributed by atoms with van der Waals surface area (Å²) < 4.78 is 2.29. The molecule has 0 bridgehead atoms. The van der Waals surface area contributed by atoms with Crippen molar-refractivity contribution in [2.24, 2.45) is 0 Å². The highest BCUT2D eigenvalue weighted by Crippen LogP contribution is 2.33. The maximum absolute atomic E-state index is 8.73. The van der Waals surface area contributed by atoms with Crippen molar-refractivity contribution in [3.05, 3.63) is 26.6 Å². The number of fused-ring (bicyclic) bond motifs is 1. The van der Waals surface area contributed by atoms with E-state index in [9.17, 15) is 0 Å². The van der Waals surface area contributed by atoms with E-state index in [1.54, 1.807) is 11.3 Å². The van der Waals surface area contributed by atoms with Crippen LogP contribution >= 0.6 is 33.9 Å². The van der Waals surface area contributed by atoms with Crippen molar-refractivity contribution >= 4 is 49.7 Å². The summed E-state index contributed by atoms with van der Waals surface area (Å²) in [6.07, 6.45) is 0.454. The number of rotatable bonds is 1. The highest BCUT2D eigenvalue weighted by atomic mass is 127. The summed E-state index contributed by atoms with van der Waals surface area (Å²) in [6, 6.07) is 6.22. The zero-order valence-corrected chi connectivity index (χ0v) is 10.2. The third-order valence-corrected chi connectivity index (χ3v) is 4.16. The summed E-state index contributed by atoms with van der Waals surface area (Å²) in [5.74, 6) is 0. The van der Waals surface area contributed by atoms with Gasteiger partial charge in [-0.1, -0.05) is 6.07 Å². The number of benzene rings is 1. The lowest BCUT2D eigenvalue weighted by molar-refractivity contribution is 1.28. The number of nitrogen functional groups attached to an aromatic ring is 1. The van der Waals surface area contributed by atoms with Crippen LogP contribution in [0.2, 0.25) is 0 Å². The molecule has 0 aliphatic carbocycles. The van der Waals surface area contributed by atoms with Crippen molar-refractivity contribution in [3.63, 3.8) is 0 Å². The number of thiophene rings is 1. The molecule has 0 fully saturated rings. The van der Waals surface area contributed by atoms with Gasteiger partial charge in [0.05, 0.1) is 18.2 Å². The van der Waals surface area contributed by atoms with Crippen LogP contribution in [0.15, 0.2) is 17.5 Å². The van der Waals surface area contributed by atoms with E-state index in [0.29, 0.717) is 6.42 Å². The second-order valence-corrected chi connectivity index (χ2v) is 4.97. The first-order valence-electron chi connectivity index (χ1n) is 4.05. The SMILES string of the molecule is N#CCc1c(I)ccc2c(N)csc12. The number of hydrogen-bond donors (Lipinski definition) is 1. The fourth-order valence-electron chi connectivity index (χ4n) is 1.40. The van der Waals surface area contributed by atoms with Crippen LogP contribution in [0.1, 0.15) is 5.56 Å². The molecule has 2 nitrogen and oxygen atoms in total. The van der Waals surface area contributed by atoms with Gasteiger partial charge in [-0.25, -0.2) is 0 Å². The molecule has 0 aliphatic heterocycles. The van der Waals surface area contributed by atoms with Crippen LogP contribution in [0.25, 0.3) is 10.1 Å². The maximum Gasteiger partial charge on any atom is 0.0670 e. The molecular formula is C10H7IN2S. The quantitative estimate of drug-likeness (QED) is 0.822. The van der Waals surface area contributed by atoms with Crippen molar-refractivity contribution in [2.45, 2.75) is 6.42 Å². The Morgan fingerprint density at radius 3 is 3.00 bits per heavy atom. The topological polar surface area (TPSA) is 49.8 Å². The average molecular weight is 314 g/mol. The predicted molar refractivity (Wildman–Crippen MR) is 68.3 cm³/mol. The van der Waals surface area contributed by atoms with Crippen molar-refractivity contribution in [1.82, 2.24) is 0 Å². The number of nitrogens with two attached hydrogens (primary N) is 1. The van der Waals surface area contributed by atoms with Gasteiger partial charge < -0.3 is 5.73 Å². The lowest BCUT2D eigenvalue weighted by Gasteiger charge is -2.01. The molecule has 1 aromatic carbocycles. The van der Waals surface area contributed by atoms with Crippen LogP contribution in [-0.4, -0.2) is 0 Å². The summed E-state index contributed by atoms with van der Waals surface area (Å²) in [5, 5.41) is 11.7. The molecule has 70 valence electrons. The molecule has 0 saturated heterocycles. The molecule has 4 heteroatoms. The van der Waals surface area contributed by atoms with Crippen LogP contribution < -0.4 is 5.73 Å². The first kappa shape index (κ1) is 9.74. The summed E-state index contributed by atoms with van der Waals surface area (Å²) >= 11 is 3.87. The molecule has 2 N–H and O–H groups in total. The van der Waals surface area contributed by atoms with Gasteiger partial charge in [-0.05, 0) is 34.2 Å². The molecule has 2 rings (SSSR count). The smallest absolute Gasteiger partial charge is 0.0670 e. The van der Waals surface area contributed by atoms with E-state index in [-0.39, 0.29) is 0 Å². The number of halogens is 1. The maximum atomic E-state index is 8.73. The Morgan fingerprint density at radius 2 is 2.29 bits per heavy atom. The summed E-state index contributed by atoms with van der Waals surface area (Å²) in [6.45, 7) is 0. The number of anilines is 1. The van der Waals surface area contributed by atoms with Gasteiger partial charge in [-0.3, -0.25) is 0 Å². The molecule has 0 spiro atoms. The molecule has 0 saturated carbocycles. The summed E-state index contributed by atoms with van der Waals surface area (Å²) in [7, 11) is 0. The Bertz CT molecular complexity index is 525. The number of hydrogen-bond acceptors (Lipinski definition) is 3. The molecule has 0 unspecified atom stereocenters. The Hall–Kier alpha value is -0.800. The van der Waals surface area contributed by atoms with E-state index >= 15 is 0 Å². The second-order valence-electron chi connectivity index (χ2n) is 2.93. The molecule has 1 aromatic heterocycles. The standard InChI is InChI=1S/C10H7IN2S/c11-8-2-1-7-9(13)5-14-10(7)6(8)3-4-12/h1-2,5H,3,13H2. The summed E-state index contributed by atoms with van der Waals surface area (Å²) in [4.78, 5) is 0. The van der Waals surface area contributed by atoms with Gasteiger partial charge in [0.1, 0.15) is 0 Å². The lowest BCUT2D eigenvalue weighted by Crippen LogP contribution is -1.88. The first-order chi connectivity index (χ1) is 6.74. The molecule has 1 heterocycles. The third-order valence-electron chi connectivity index (χ3n) is 2.07. The molecule has 0 amide bonds. The fourth-order valence-corrected chi connectivity index (χ4v) is 3.23. The van der Waals surface area contributed by atoms with Gasteiger partial charge in [0.2, 0.25) is 0 Å². The zero-order valence-electron chi connectivity index (χ0n) is 7.25. The van der Waals surface area contributed by atoms with Gasteiger partial charge in [0, 0.05) is 19.0 Å². The normalized spacial score (nSPS) is 10.3. The molecule has 2 aromatic rings. The molecule has 0 atom stereocenters. The molecule has 14 heavy (non-hydrogen) atoms. The highest BCUT2D eigenvalue weighted by molar-refractivity contribution is 14.1. The Labute approximate surface area is 99.5 Å². The van der Waals surface area contributed by atoms with E-state index in [1.165, 1.54) is 0 Å². The van der Waals surface area contributed by atoms with E-state index < -0.39 is 0 Å². The molecule has 0 aliphatic rings. The first-order valence-corrected chi connectivity index (χ1v) is 6.01. The predicted octanol–water partition coefficient (Wildman–Crippen LogP) is 3.15. The summed E-state index contributed by atoms with van der Waals surface area (Å²) in [5.41, 5.74) is 7.73. The van der Waals surface area contributed by atoms with Crippen molar-refractivity contribution in [1.29, 1.82) is 5.26 Å². The second kappa shape index (κ2) is 3.75. The van der Waals surface area contributed by atoms with Gasteiger partial charge in [0.25, 0.3) is 0 Å². The van der Waals surface area contributed by atoms with Crippen LogP contribution in [0.4, 0.5) is 5.69 Å². The minimum atomic E-state index is 0.454. The Balaban J connectivity index is 2.78. The van der Waals surface area contributed by atoms with Gasteiger partial charge in [-0.15, -0.1) is 11.3 Å². The van der Waals surface area contributed by atoms with E-state index in [0.717, 1.165) is 24.9 Å². The fraction of sp³-hybridized carbons (Fsp3) is 0.100. The van der Waals surface area contributed by atoms with Crippen LogP contribution in [0, 0.1) is 14.9 Å². The van der Waals surface area contributed by atoms with E-state index in [2.05, 4.69) is 28.7 Å². The third kappa shape index (κ3) is 1.47. The molecular weight excluding hydrogens is 307 g/mol. The van der Waals surface area contributed by atoms with Crippen LogP contribution in [-0.2, 0) is 6.42 Å². The largest absolute Gasteiger partial charge is 0.398 e. The lowest BCUT2D eigenvalue weighted by atomic mass is 10.1. The van der Waals surface area contributed by atoms with Gasteiger partial charge in [0.15, 0.2) is 0 Å². The van der Waals surface area contributed by atoms with E-state index in [4.69, 9.17) is 11.0 Å².